The van der Waals surface area contributed by atoms with E-state index in [0.29, 0.717) is 22.3 Å². The number of rotatable bonds is 6. The maximum Gasteiger partial charge on any atom is 0.233 e. The Labute approximate surface area is 179 Å². The SMILES string of the molecule is O=C(CCN1C(=O)C2CCCCC2C1=O)Nc1ccc(Oc2ccc(Cl)cc2)nc1. The van der Waals surface area contributed by atoms with E-state index in [1.54, 1.807) is 36.4 Å². The Morgan fingerprint density at radius 1 is 1.07 bits per heavy atom. The molecule has 4 rings (SSSR count). The highest BCUT2D eigenvalue weighted by atomic mass is 35.5. The molecule has 2 heterocycles. The standard InChI is InChI=1S/C22H22ClN3O4/c23-14-5-8-16(9-6-14)30-20-10-7-15(13-24-20)25-19(27)11-12-26-21(28)17-3-1-2-4-18(17)22(26)29/h5-10,13,17-18H,1-4,11-12H2,(H,25,27). The second-order valence-corrected chi connectivity index (χ2v) is 8.00. The molecule has 2 fully saturated rings. The van der Waals surface area contributed by atoms with Crippen LogP contribution in [0.4, 0.5) is 5.69 Å². The van der Waals surface area contributed by atoms with Crippen molar-refractivity contribution in [3.8, 4) is 11.6 Å². The molecule has 1 aliphatic heterocycles. The van der Waals surface area contributed by atoms with Crippen molar-refractivity contribution in [2.45, 2.75) is 32.1 Å². The highest BCUT2D eigenvalue weighted by molar-refractivity contribution is 6.30. The van der Waals surface area contributed by atoms with Crippen LogP contribution < -0.4 is 10.1 Å². The van der Waals surface area contributed by atoms with Crippen molar-refractivity contribution in [2.75, 3.05) is 11.9 Å². The first-order valence-corrected chi connectivity index (χ1v) is 10.4. The van der Waals surface area contributed by atoms with Crippen molar-refractivity contribution in [1.82, 2.24) is 9.88 Å². The lowest BCUT2D eigenvalue weighted by Crippen LogP contribution is -2.34. The summed E-state index contributed by atoms with van der Waals surface area (Å²) < 4.78 is 5.61. The number of hydrogen-bond donors (Lipinski definition) is 1. The number of amides is 3. The van der Waals surface area contributed by atoms with Crippen LogP contribution in [-0.2, 0) is 14.4 Å². The van der Waals surface area contributed by atoms with Gasteiger partial charge < -0.3 is 10.1 Å². The monoisotopic (exact) mass is 427 g/mol. The van der Waals surface area contributed by atoms with Crippen LogP contribution in [-0.4, -0.2) is 34.2 Å². The molecule has 2 atom stereocenters. The minimum Gasteiger partial charge on any atom is -0.439 e. The summed E-state index contributed by atoms with van der Waals surface area (Å²) >= 11 is 5.85. The Morgan fingerprint density at radius 2 is 1.73 bits per heavy atom. The number of carbonyl (C=O) groups is 3. The van der Waals surface area contributed by atoms with Gasteiger partial charge in [0, 0.05) is 24.1 Å². The summed E-state index contributed by atoms with van der Waals surface area (Å²) in [6.45, 7) is 0.113. The van der Waals surface area contributed by atoms with Gasteiger partial charge in [-0.2, -0.15) is 0 Å². The van der Waals surface area contributed by atoms with Crippen LogP contribution in [0.3, 0.4) is 0 Å². The first kappa shape index (κ1) is 20.3. The van der Waals surface area contributed by atoms with E-state index in [1.165, 1.54) is 11.1 Å². The van der Waals surface area contributed by atoms with Gasteiger partial charge in [-0.1, -0.05) is 24.4 Å². The molecule has 1 N–H and O–H groups in total. The molecule has 1 aromatic heterocycles. The number of carbonyl (C=O) groups excluding carboxylic acids is 3. The van der Waals surface area contributed by atoms with Crippen molar-refractivity contribution >= 4 is 35.0 Å². The minimum atomic E-state index is -0.279. The van der Waals surface area contributed by atoms with Crippen LogP contribution in [0.1, 0.15) is 32.1 Å². The van der Waals surface area contributed by atoms with Crippen molar-refractivity contribution in [3.63, 3.8) is 0 Å². The van der Waals surface area contributed by atoms with Crippen LogP contribution in [0.25, 0.3) is 0 Å². The Bertz CT molecular complexity index is 922. The number of pyridine rings is 1. The molecule has 30 heavy (non-hydrogen) atoms. The molecule has 156 valence electrons. The summed E-state index contributed by atoms with van der Waals surface area (Å²) in [4.78, 5) is 42.6. The molecule has 0 bridgehead atoms. The van der Waals surface area contributed by atoms with E-state index in [2.05, 4.69) is 10.3 Å². The van der Waals surface area contributed by atoms with Crippen LogP contribution in [0.15, 0.2) is 42.6 Å². The lowest BCUT2D eigenvalue weighted by Gasteiger charge is -2.19. The smallest absolute Gasteiger partial charge is 0.233 e. The Morgan fingerprint density at radius 3 is 2.33 bits per heavy atom. The van der Waals surface area contributed by atoms with Gasteiger partial charge in [-0.25, -0.2) is 4.98 Å². The summed E-state index contributed by atoms with van der Waals surface area (Å²) in [6, 6.07) is 10.2. The summed E-state index contributed by atoms with van der Waals surface area (Å²) in [5.41, 5.74) is 0.510. The number of benzene rings is 1. The lowest BCUT2D eigenvalue weighted by atomic mass is 9.81. The number of likely N-dealkylation sites (tertiary alicyclic amines) is 1. The van der Waals surface area contributed by atoms with Gasteiger partial charge in [-0.15, -0.1) is 0 Å². The van der Waals surface area contributed by atoms with E-state index in [4.69, 9.17) is 16.3 Å². The number of aromatic nitrogens is 1. The third-order valence-electron chi connectivity index (χ3n) is 5.55. The van der Waals surface area contributed by atoms with Crippen LogP contribution >= 0.6 is 11.6 Å². The van der Waals surface area contributed by atoms with Gasteiger partial charge in [0.1, 0.15) is 5.75 Å². The average Bonchev–Trinajstić information content (AvgIpc) is 3.00. The largest absolute Gasteiger partial charge is 0.439 e. The Hall–Kier alpha value is -2.93. The topological polar surface area (TPSA) is 88.6 Å². The fourth-order valence-electron chi connectivity index (χ4n) is 4.03. The summed E-state index contributed by atoms with van der Waals surface area (Å²) in [5, 5.41) is 3.35. The zero-order valence-corrected chi connectivity index (χ0v) is 17.1. The van der Waals surface area contributed by atoms with E-state index in [9.17, 15) is 14.4 Å². The van der Waals surface area contributed by atoms with E-state index in [1.807, 2.05) is 0 Å². The molecule has 2 unspecified atom stereocenters. The molecule has 0 spiro atoms. The minimum absolute atomic E-state index is 0.0555. The first-order chi connectivity index (χ1) is 14.5. The number of nitrogens with zero attached hydrogens (tertiary/aromatic N) is 2. The van der Waals surface area contributed by atoms with Gasteiger partial charge in [0.2, 0.25) is 23.6 Å². The van der Waals surface area contributed by atoms with Crippen LogP contribution in [0, 0.1) is 11.8 Å². The predicted octanol–water partition coefficient (Wildman–Crippen LogP) is 4.03. The van der Waals surface area contributed by atoms with Crippen molar-refractivity contribution in [1.29, 1.82) is 0 Å². The molecule has 1 aliphatic carbocycles. The fourth-order valence-corrected chi connectivity index (χ4v) is 4.15. The Kier molecular flexibility index (Phi) is 5.99. The maximum absolute atomic E-state index is 12.5. The van der Waals surface area contributed by atoms with Gasteiger partial charge in [0.25, 0.3) is 0 Å². The van der Waals surface area contributed by atoms with Gasteiger partial charge in [-0.05, 0) is 43.2 Å². The normalized spacial score (nSPS) is 20.8. The molecular formula is C22H22ClN3O4. The first-order valence-electron chi connectivity index (χ1n) is 10.1. The third-order valence-corrected chi connectivity index (χ3v) is 5.80. The maximum atomic E-state index is 12.5. The zero-order chi connectivity index (χ0) is 21.1. The number of anilines is 1. The number of fused-ring (bicyclic) bond motifs is 1. The quantitative estimate of drug-likeness (QED) is 0.703. The van der Waals surface area contributed by atoms with E-state index < -0.39 is 0 Å². The molecule has 7 nitrogen and oxygen atoms in total. The molecule has 1 saturated heterocycles. The van der Waals surface area contributed by atoms with Crippen molar-refractivity contribution < 1.29 is 19.1 Å². The zero-order valence-electron chi connectivity index (χ0n) is 16.3. The number of ether oxygens (including phenoxy) is 1. The second-order valence-electron chi connectivity index (χ2n) is 7.56. The van der Waals surface area contributed by atoms with Crippen LogP contribution in [0.5, 0.6) is 11.6 Å². The van der Waals surface area contributed by atoms with Crippen LogP contribution in [0.2, 0.25) is 5.02 Å². The average molecular weight is 428 g/mol. The third kappa shape index (κ3) is 4.46. The molecule has 0 radical (unpaired) electrons. The summed E-state index contributed by atoms with van der Waals surface area (Å²) in [7, 11) is 0. The number of hydrogen-bond acceptors (Lipinski definition) is 5. The highest BCUT2D eigenvalue weighted by Gasteiger charge is 2.47. The Balaban J connectivity index is 1.28. The van der Waals surface area contributed by atoms with Gasteiger partial charge >= 0.3 is 0 Å². The highest BCUT2D eigenvalue weighted by Crippen LogP contribution is 2.38. The van der Waals surface area contributed by atoms with E-state index in [-0.39, 0.29) is 42.5 Å². The molecule has 3 amide bonds. The second kappa shape index (κ2) is 8.83. The summed E-state index contributed by atoms with van der Waals surface area (Å²) in [5.74, 6) is 0.0816. The van der Waals surface area contributed by atoms with E-state index >= 15 is 0 Å². The predicted molar refractivity (Wildman–Crippen MR) is 111 cm³/mol. The van der Waals surface area contributed by atoms with Gasteiger partial charge in [0.05, 0.1) is 23.7 Å². The number of imide groups is 1. The number of nitrogens with one attached hydrogen (secondary N) is 1. The van der Waals surface area contributed by atoms with Gasteiger partial charge in [0.15, 0.2) is 0 Å². The molecular weight excluding hydrogens is 406 g/mol. The fraction of sp³-hybridized carbons (Fsp3) is 0.364. The van der Waals surface area contributed by atoms with Crippen molar-refractivity contribution in [3.05, 3.63) is 47.6 Å². The molecule has 2 aromatic rings. The van der Waals surface area contributed by atoms with Gasteiger partial charge in [-0.3, -0.25) is 19.3 Å². The molecule has 1 aromatic carbocycles. The molecule has 1 saturated carbocycles. The number of halogens is 1. The lowest BCUT2D eigenvalue weighted by molar-refractivity contribution is -0.140. The molecule has 8 heteroatoms. The molecule has 2 aliphatic rings. The van der Waals surface area contributed by atoms with Crippen molar-refractivity contribution in [2.24, 2.45) is 11.8 Å². The van der Waals surface area contributed by atoms with E-state index in [0.717, 1.165) is 25.7 Å². The summed E-state index contributed by atoms with van der Waals surface area (Å²) in [6.07, 6.45) is 5.06.